The van der Waals surface area contributed by atoms with Crippen LogP contribution in [0.2, 0.25) is 0 Å². The van der Waals surface area contributed by atoms with Crippen molar-refractivity contribution in [2.75, 3.05) is 17.4 Å². The fraction of sp³-hybridized carbons (Fsp3) is 0.125. The molecule has 2 aromatic carbocycles. The average molecular weight is 457 g/mol. The van der Waals surface area contributed by atoms with Crippen LogP contribution in [0.1, 0.15) is 11.1 Å². The summed E-state index contributed by atoms with van der Waals surface area (Å²) in [6.45, 7) is 1.45. The van der Waals surface area contributed by atoms with E-state index < -0.39 is 0 Å². The monoisotopic (exact) mass is 456 g/mol. The minimum absolute atomic E-state index is 0.259. The number of anilines is 2. The van der Waals surface area contributed by atoms with Gasteiger partial charge in [0.1, 0.15) is 6.33 Å². The van der Waals surface area contributed by atoms with E-state index in [0.717, 1.165) is 39.5 Å². The molecule has 8 nitrogen and oxygen atoms in total. The van der Waals surface area contributed by atoms with Crippen LogP contribution in [-0.4, -0.2) is 26.3 Å². The van der Waals surface area contributed by atoms with Crippen LogP contribution in [0, 0.1) is 0 Å². The first-order valence-electron chi connectivity index (χ1n) is 10.5. The first-order chi connectivity index (χ1) is 16.3. The molecule has 2 N–H and O–H groups in total. The molecule has 4 heterocycles. The number of rotatable bonds is 7. The van der Waals surface area contributed by atoms with Crippen LogP contribution in [0.5, 0.6) is 11.5 Å². The van der Waals surface area contributed by atoms with Gasteiger partial charge in [-0.3, -0.25) is 4.57 Å². The second-order valence-corrected chi connectivity index (χ2v) is 8.32. The lowest BCUT2D eigenvalue weighted by Crippen LogP contribution is -2.09. The summed E-state index contributed by atoms with van der Waals surface area (Å²) >= 11 is 1.63. The molecule has 0 aliphatic carbocycles. The molecule has 0 atom stereocenters. The van der Waals surface area contributed by atoms with Gasteiger partial charge in [-0.1, -0.05) is 36.4 Å². The number of fused-ring (bicyclic) bond motifs is 2. The number of aromatic nitrogens is 4. The van der Waals surface area contributed by atoms with Crippen molar-refractivity contribution in [2.24, 2.45) is 0 Å². The van der Waals surface area contributed by atoms with Gasteiger partial charge in [-0.15, -0.1) is 0 Å². The van der Waals surface area contributed by atoms with Crippen LogP contribution in [0.25, 0.3) is 16.9 Å². The minimum Gasteiger partial charge on any atom is -0.454 e. The van der Waals surface area contributed by atoms with Crippen molar-refractivity contribution in [2.45, 2.75) is 13.1 Å². The molecule has 0 saturated heterocycles. The van der Waals surface area contributed by atoms with Crippen LogP contribution in [0.3, 0.4) is 0 Å². The Labute approximate surface area is 193 Å². The maximum atomic E-state index is 5.49. The van der Waals surface area contributed by atoms with Crippen LogP contribution in [-0.2, 0) is 13.1 Å². The maximum absolute atomic E-state index is 5.49. The van der Waals surface area contributed by atoms with Gasteiger partial charge in [-0.25, -0.2) is 4.98 Å². The van der Waals surface area contributed by atoms with E-state index in [1.165, 1.54) is 0 Å². The molecule has 0 unspecified atom stereocenters. The molecule has 164 valence electrons. The van der Waals surface area contributed by atoms with Gasteiger partial charge in [-0.2, -0.15) is 21.3 Å². The second kappa shape index (κ2) is 8.44. The Morgan fingerprint density at radius 3 is 2.67 bits per heavy atom. The molecule has 3 aromatic heterocycles. The van der Waals surface area contributed by atoms with E-state index in [4.69, 9.17) is 19.4 Å². The fourth-order valence-electron chi connectivity index (χ4n) is 3.70. The standard InChI is InChI=1S/C24H20N6O2S/c1-2-4-16(5-3-1)11-25-22-21-23(30(14-27-21)18-8-9-33-13-18)29-24(28-22)26-12-17-6-7-19-20(10-17)32-15-31-19/h1-10,13-14H,11-12,15H2,(H2,25,26,28,29). The molecule has 9 heteroatoms. The number of thiophene rings is 1. The van der Waals surface area contributed by atoms with Crippen molar-refractivity contribution in [1.29, 1.82) is 0 Å². The number of hydrogen-bond acceptors (Lipinski definition) is 8. The highest BCUT2D eigenvalue weighted by atomic mass is 32.1. The third-order valence-corrected chi connectivity index (χ3v) is 6.04. The van der Waals surface area contributed by atoms with Crippen molar-refractivity contribution in [3.63, 3.8) is 0 Å². The van der Waals surface area contributed by atoms with E-state index in [9.17, 15) is 0 Å². The highest BCUT2D eigenvalue weighted by Gasteiger charge is 2.16. The van der Waals surface area contributed by atoms with Gasteiger partial charge in [0, 0.05) is 18.5 Å². The summed E-state index contributed by atoms with van der Waals surface area (Å²) in [5, 5.41) is 10.9. The Hall–Kier alpha value is -4.11. The summed E-state index contributed by atoms with van der Waals surface area (Å²) in [4.78, 5) is 14.1. The van der Waals surface area contributed by atoms with Crippen molar-refractivity contribution < 1.29 is 9.47 Å². The zero-order valence-electron chi connectivity index (χ0n) is 17.6. The molecule has 1 aliphatic heterocycles. The molecular weight excluding hydrogens is 436 g/mol. The summed E-state index contributed by atoms with van der Waals surface area (Å²) in [6, 6.07) is 18.1. The molecule has 6 rings (SSSR count). The smallest absolute Gasteiger partial charge is 0.231 e. The molecule has 0 fully saturated rings. The van der Waals surface area contributed by atoms with Crippen molar-refractivity contribution in [3.8, 4) is 17.2 Å². The van der Waals surface area contributed by atoms with E-state index in [2.05, 4.69) is 33.1 Å². The SMILES string of the molecule is c1ccc(CNc2nc(NCc3ccc4c(c3)OCO4)nc3c2ncn3-c2ccsc2)cc1. The molecular formula is C24H20N6O2S. The molecule has 0 spiro atoms. The van der Waals surface area contributed by atoms with E-state index in [0.29, 0.717) is 24.9 Å². The van der Waals surface area contributed by atoms with Gasteiger partial charge in [0.25, 0.3) is 0 Å². The third-order valence-electron chi connectivity index (χ3n) is 5.37. The lowest BCUT2D eigenvalue weighted by molar-refractivity contribution is 0.174. The minimum atomic E-state index is 0.259. The second-order valence-electron chi connectivity index (χ2n) is 7.54. The molecule has 0 saturated carbocycles. The molecule has 1 aliphatic rings. The fourth-order valence-corrected chi connectivity index (χ4v) is 4.33. The number of imidazole rings is 1. The number of ether oxygens (including phenoxy) is 2. The van der Waals surface area contributed by atoms with Gasteiger partial charge in [-0.05, 0) is 34.7 Å². The first-order valence-corrected chi connectivity index (χ1v) is 11.5. The Morgan fingerprint density at radius 2 is 1.79 bits per heavy atom. The highest BCUT2D eigenvalue weighted by Crippen LogP contribution is 2.32. The quantitative estimate of drug-likeness (QED) is 0.363. The van der Waals surface area contributed by atoms with E-state index in [1.54, 1.807) is 17.7 Å². The largest absolute Gasteiger partial charge is 0.454 e. The number of nitrogens with zero attached hydrogens (tertiary/aromatic N) is 4. The third kappa shape index (κ3) is 3.94. The van der Waals surface area contributed by atoms with Gasteiger partial charge in [0.15, 0.2) is 28.5 Å². The van der Waals surface area contributed by atoms with Crippen molar-refractivity contribution in [1.82, 2.24) is 19.5 Å². The van der Waals surface area contributed by atoms with Gasteiger partial charge in [0.05, 0.1) is 5.69 Å². The van der Waals surface area contributed by atoms with Crippen LogP contribution in [0.15, 0.2) is 71.7 Å². The van der Waals surface area contributed by atoms with E-state index >= 15 is 0 Å². The zero-order chi connectivity index (χ0) is 22.0. The average Bonchev–Trinajstić information content (AvgIpc) is 3.62. The van der Waals surface area contributed by atoms with E-state index in [-0.39, 0.29) is 6.79 Å². The Kier molecular flexibility index (Phi) is 5.00. The highest BCUT2D eigenvalue weighted by molar-refractivity contribution is 7.08. The summed E-state index contributed by atoms with van der Waals surface area (Å²) in [6.07, 6.45) is 1.79. The molecule has 0 amide bonds. The van der Waals surface area contributed by atoms with Crippen LogP contribution >= 0.6 is 11.3 Å². The Bertz CT molecular complexity index is 1400. The summed E-state index contributed by atoms with van der Waals surface area (Å²) in [7, 11) is 0. The molecule has 33 heavy (non-hydrogen) atoms. The zero-order valence-corrected chi connectivity index (χ0v) is 18.4. The Balaban J connectivity index is 1.32. The Morgan fingerprint density at radius 1 is 0.909 bits per heavy atom. The predicted molar refractivity (Wildman–Crippen MR) is 128 cm³/mol. The molecule has 5 aromatic rings. The summed E-state index contributed by atoms with van der Waals surface area (Å²) in [5.41, 5.74) is 4.71. The normalized spacial score (nSPS) is 12.2. The van der Waals surface area contributed by atoms with E-state index in [1.807, 2.05) is 52.4 Å². The number of hydrogen-bond donors (Lipinski definition) is 2. The van der Waals surface area contributed by atoms with Crippen molar-refractivity contribution in [3.05, 3.63) is 82.8 Å². The molecule has 0 radical (unpaired) electrons. The van der Waals surface area contributed by atoms with Crippen molar-refractivity contribution >= 4 is 34.3 Å². The van der Waals surface area contributed by atoms with Gasteiger partial charge in [0.2, 0.25) is 12.7 Å². The summed E-state index contributed by atoms with van der Waals surface area (Å²) < 4.78 is 12.9. The van der Waals surface area contributed by atoms with Gasteiger partial charge >= 0.3 is 0 Å². The lowest BCUT2D eigenvalue weighted by atomic mass is 10.2. The predicted octanol–water partition coefficient (Wildman–Crippen LogP) is 4.83. The van der Waals surface area contributed by atoms with Gasteiger partial charge < -0.3 is 20.1 Å². The number of benzene rings is 2. The topological polar surface area (TPSA) is 86.1 Å². The summed E-state index contributed by atoms with van der Waals surface area (Å²) in [5.74, 6) is 2.73. The van der Waals surface area contributed by atoms with Crippen LogP contribution in [0.4, 0.5) is 11.8 Å². The first kappa shape index (κ1) is 19.6. The number of nitrogens with one attached hydrogen (secondary N) is 2. The van der Waals surface area contributed by atoms with Crippen LogP contribution < -0.4 is 20.1 Å². The maximum Gasteiger partial charge on any atom is 0.231 e. The molecule has 0 bridgehead atoms. The lowest BCUT2D eigenvalue weighted by Gasteiger charge is -2.11.